The molecule has 0 aromatic heterocycles. The maximum atomic E-state index is 13.0. The van der Waals surface area contributed by atoms with Gasteiger partial charge in [-0.3, -0.25) is 0 Å². The number of halogens is 1. The van der Waals surface area contributed by atoms with Crippen LogP contribution in [0.15, 0.2) is 48.5 Å². The Labute approximate surface area is 117 Å². The summed E-state index contributed by atoms with van der Waals surface area (Å²) in [4.78, 5) is 0. The van der Waals surface area contributed by atoms with Crippen LogP contribution in [-0.2, 0) is 9.47 Å². The van der Waals surface area contributed by atoms with Gasteiger partial charge in [0.15, 0.2) is 0 Å². The number of hydrogen-bond acceptors (Lipinski definition) is 3. The highest BCUT2D eigenvalue weighted by atomic mass is 19.1. The molecule has 2 rings (SSSR count). The molecule has 2 aromatic carbocycles. The van der Waals surface area contributed by atoms with Crippen molar-refractivity contribution >= 4 is 0 Å². The monoisotopic (exact) mass is 276 g/mol. The van der Waals surface area contributed by atoms with E-state index >= 15 is 0 Å². The largest absolute Gasteiger partial charge is 0.508 e. The van der Waals surface area contributed by atoms with Crippen molar-refractivity contribution in [2.24, 2.45) is 0 Å². The fourth-order valence-corrected chi connectivity index (χ4v) is 2.19. The highest BCUT2D eigenvalue weighted by molar-refractivity contribution is 5.30. The molecule has 2 atom stereocenters. The minimum absolute atomic E-state index is 0.194. The summed E-state index contributed by atoms with van der Waals surface area (Å²) < 4.78 is 24.0. The fraction of sp³-hybridized carbons (Fsp3) is 0.250. The Morgan fingerprint density at radius 1 is 0.800 bits per heavy atom. The molecule has 4 heteroatoms. The quantitative estimate of drug-likeness (QED) is 0.906. The fourth-order valence-electron chi connectivity index (χ4n) is 2.19. The van der Waals surface area contributed by atoms with Crippen LogP contribution in [0.3, 0.4) is 0 Å². The zero-order chi connectivity index (χ0) is 14.5. The van der Waals surface area contributed by atoms with E-state index in [2.05, 4.69) is 0 Å². The first-order valence-electron chi connectivity index (χ1n) is 6.25. The van der Waals surface area contributed by atoms with E-state index in [-0.39, 0.29) is 23.8 Å². The third kappa shape index (κ3) is 3.15. The second-order valence-corrected chi connectivity index (χ2v) is 4.46. The highest BCUT2D eigenvalue weighted by Crippen LogP contribution is 2.34. The summed E-state index contributed by atoms with van der Waals surface area (Å²) in [5.74, 6) is -0.0958. The summed E-state index contributed by atoms with van der Waals surface area (Å²) in [6.45, 7) is 0. The topological polar surface area (TPSA) is 38.7 Å². The summed E-state index contributed by atoms with van der Waals surface area (Å²) in [7, 11) is 3.17. The average Bonchev–Trinajstić information content (AvgIpc) is 2.47. The number of rotatable bonds is 5. The Hall–Kier alpha value is -1.91. The molecular formula is C16H17FO3. The van der Waals surface area contributed by atoms with E-state index in [0.29, 0.717) is 0 Å². The van der Waals surface area contributed by atoms with Gasteiger partial charge in [-0.25, -0.2) is 4.39 Å². The number of ether oxygens (including phenoxy) is 2. The molecule has 0 aliphatic heterocycles. The normalized spacial score (nSPS) is 13.9. The lowest BCUT2D eigenvalue weighted by molar-refractivity contribution is -0.0397. The summed E-state index contributed by atoms with van der Waals surface area (Å²) >= 11 is 0. The molecule has 0 amide bonds. The molecule has 106 valence electrons. The van der Waals surface area contributed by atoms with Gasteiger partial charge in [0, 0.05) is 14.2 Å². The van der Waals surface area contributed by atoms with Crippen LogP contribution in [0.25, 0.3) is 0 Å². The molecule has 0 aliphatic carbocycles. The van der Waals surface area contributed by atoms with E-state index in [9.17, 15) is 9.50 Å². The van der Waals surface area contributed by atoms with E-state index in [1.54, 1.807) is 50.6 Å². The van der Waals surface area contributed by atoms with E-state index in [1.165, 1.54) is 12.1 Å². The molecule has 3 nitrogen and oxygen atoms in total. The molecule has 2 aromatic rings. The van der Waals surface area contributed by atoms with Gasteiger partial charge >= 0.3 is 0 Å². The highest BCUT2D eigenvalue weighted by Gasteiger charge is 2.24. The van der Waals surface area contributed by atoms with Crippen LogP contribution in [0.5, 0.6) is 5.75 Å². The average molecular weight is 276 g/mol. The Balaban J connectivity index is 2.32. The van der Waals surface area contributed by atoms with Gasteiger partial charge in [-0.1, -0.05) is 24.3 Å². The zero-order valence-electron chi connectivity index (χ0n) is 11.4. The molecule has 0 saturated carbocycles. The van der Waals surface area contributed by atoms with Gasteiger partial charge in [0.1, 0.15) is 23.8 Å². The predicted molar refractivity (Wildman–Crippen MR) is 74.0 cm³/mol. The number of phenolic OH excluding ortho intramolecular Hbond substituents is 1. The van der Waals surface area contributed by atoms with Gasteiger partial charge in [0.25, 0.3) is 0 Å². The van der Waals surface area contributed by atoms with E-state index in [4.69, 9.17) is 9.47 Å². The Bertz CT molecular complexity index is 485. The van der Waals surface area contributed by atoms with Crippen LogP contribution in [0.4, 0.5) is 4.39 Å². The predicted octanol–water partition coefficient (Wildman–Crippen LogP) is 3.61. The van der Waals surface area contributed by atoms with Crippen LogP contribution >= 0.6 is 0 Å². The van der Waals surface area contributed by atoms with Crippen molar-refractivity contribution < 1.29 is 19.0 Å². The number of phenols is 1. The lowest BCUT2D eigenvalue weighted by atomic mass is 9.98. The maximum Gasteiger partial charge on any atom is 0.123 e. The standard InChI is InChI=1S/C16H17FO3/c1-19-15(11-3-7-13(17)8-4-11)16(20-2)12-5-9-14(18)10-6-12/h3-10,15-16,18H,1-2H3. The van der Waals surface area contributed by atoms with Crippen molar-refractivity contribution in [3.63, 3.8) is 0 Å². The first-order valence-corrected chi connectivity index (χ1v) is 6.25. The molecule has 0 spiro atoms. The molecule has 0 fully saturated rings. The van der Waals surface area contributed by atoms with E-state index in [0.717, 1.165) is 11.1 Å². The van der Waals surface area contributed by atoms with E-state index in [1.807, 2.05) is 0 Å². The van der Waals surface area contributed by atoms with Crippen LogP contribution in [0.1, 0.15) is 23.3 Å². The van der Waals surface area contributed by atoms with Crippen LogP contribution < -0.4 is 0 Å². The molecule has 20 heavy (non-hydrogen) atoms. The van der Waals surface area contributed by atoms with Gasteiger partial charge in [-0.15, -0.1) is 0 Å². The third-order valence-corrected chi connectivity index (χ3v) is 3.20. The van der Waals surface area contributed by atoms with Gasteiger partial charge in [-0.2, -0.15) is 0 Å². The number of methoxy groups -OCH3 is 2. The van der Waals surface area contributed by atoms with E-state index < -0.39 is 0 Å². The van der Waals surface area contributed by atoms with Crippen molar-refractivity contribution in [1.82, 2.24) is 0 Å². The molecular weight excluding hydrogens is 259 g/mol. The van der Waals surface area contributed by atoms with Gasteiger partial charge in [0.05, 0.1) is 0 Å². The SMILES string of the molecule is COC(c1ccc(O)cc1)C(OC)c1ccc(F)cc1. The second kappa shape index (κ2) is 6.50. The molecule has 0 heterocycles. The zero-order valence-corrected chi connectivity index (χ0v) is 11.4. The summed E-state index contributed by atoms with van der Waals surface area (Å²) in [6, 6.07) is 12.9. The van der Waals surface area contributed by atoms with Crippen molar-refractivity contribution in [3.8, 4) is 5.75 Å². The van der Waals surface area contributed by atoms with Crippen molar-refractivity contribution in [3.05, 3.63) is 65.5 Å². The third-order valence-electron chi connectivity index (χ3n) is 3.20. The Morgan fingerprint density at radius 2 is 1.20 bits per heavy atom. The van der Waals surface area contributed by atoms with Crippen molar-refractivity contribution in [1.29, 1.82) is 0 Å². The summed E-state index contributed by atoms with van der Waals surface area (Å²) in [5, 5.41) is 9.34. The molecule has 0 bridgehead atoms. The second-order valence-electron chi connectivity index (χ2n) is 4.46. The summed E-state index contributed by atoms with van der Waals surface area (Å²) in [6.07, 6.45) is -0.698. The molecule has 0 radical (unpaired) electrons. The molecule has 0 saturated heterocycles. The smallest absolute Gasteiger partial charge is 0.123 e. The molecule has 0 aliphatic rings. The lowest BCUT2D eigenvalue weighted by Crippen LogP contribution is -2.15. The van der Waals surface area contributed by atoms with Crippen molar-refractivity contribution in [2.45, 2.75) is 12.2 Å². The van der Waals surface area contributed by atoms with Gasteiger partial charge in [-0.05, 0) is 35.4 Å². The van der Waals surface area contributed by atoms with Crippen LogP contribution in [0.2, 0.25) is 0 Å². The Morgan fingerprint density at radius 3 is 1.60 bits per heavy atom. The molecule has 1 N–H and O–H groups in total. The van der Waals surface area contributed by atoms with Crippen LogP contribution in [0, 0.1) is 5.82 Å². The summed E-state index contributed by atoms with van der Waals surface area (Å²) in [5.41, 5.74) is 1.70. The van der Waals surface area contributed by atoms with Gasteiger partial charge < -0.3 is 14.6 Å². The number of aromatic hydroxyl groups is 1. The minimum atomic E-state index is -0.356. The maximum absolute atomic E-state index is 13.0. The first kappa shape index (κ1) is 14.5. The number of hydrogen-bond donors (Lipinski definition) is 1. The first-order chi connectivity index (χ1) is 9.65. The van der Waals surface area contributed by atoms with Crippen molar-refractivity contribution in [2.75, 3.05) is 14.2 Å². The van der Waals surface area contributed by atoms with Crippen LogP contribution in [-0.4, -0.2) is 19.3 Å². The number of benzene rings is 2. The Kier molecular flexibility index (Phi) is 4.71. The van der Waals surface area contributed by atoms with Gasteiger partial charge in [0.2, 0.25) is 0 Å². The minimum Gasteiger partial charge on any atom is -0.508 e. The molecule has 2 unspecified atom stereocenters. The lowest BCUT2D eigenvalue weighted by Gasteiger charge is -2.25.